The zero-order valence-corrected chi connectivity index (χ0v) is 12.0. The fraction of sp³-hybridized carbons (Fsp3) is 0.600. The molecule has 1 N–H and O–H groups in total. The highest BCUT2D eigenvalue weighted by atomic mass is 15.3. The quantitative estimate of drug-likeness (QED) is 0.876. The molecule has 0 saturated carbocycles. The minimum absolute atomic E-state index is 0.602. The van der Waals surface area contributed by atoms with Gasteiger partial charge in [0.05, 0.1) is 0 Å². The average Bonchev–Trinajstić information content (AvgIpc) is 2.36. The van der Waals surface area contributed by atoms with Crippen molar-refractivity contribution in [3.8, 4) is 0 Å². The molecule has 3 nitrogen and oxygen atoms in total. The van der Waals surface area contributed by atoms with Crippen LogP contribution in [0.5, 0.6) is 0 Å². The Hall–Kier alpha value is -1.06. The molecule has 2 rings (SSSR count). The molecule has 1 aromatic rings. The summed E-state index contributed by atoms with van der Waals surface area (Å²) in [6, 6.07) is 7.41. The van der Waals surface area contributed by atoms with Crippen LogP contribution in [0.4, 0.5) is 5.69 Å². The molecule has 0 aromatic heterocycles. The van der Waals surface area contributed by atoms with Crippen LogP contribution in [0.2, 0.25) is 0 Å². The molecule has 18 heavy (non-hydrogen) atoms. The maximum absolute atomic E-state index is 3.29. The Bertz CT molecular complexity index is 403. The third-order valence-electron chi connectivity index (χ3n) is 4.07. The largest absolute Gasteiger partial charge is 0.369 e. The molecule has 1 unspecified atom stereocenters. The van der Waals surface area contributed by atoms with E-state index in [1.54, 1.807) is 0 Å². The first kappa shape index (κ1) is 13.4. The zero-order chi connectivity index (χ0) is 13.1. The highest BCUT2D eigenvalue weighted by molar-refractivity contribution is 5.51. The number of aryl methyl sites for hydroxylation is 2. The second-order valence-corrected chi connectivity index (χ2v) is 5.41. The molecule has 1 aliphatic heterocycles. The zero-order valence-electron chi connectivity index (χ0n) is 12.0. The number of hydrogen-bond acceptors (Lipinski definition) is 3. The summed E-state index contributed by atoms with van der Waals surface area (Å²) in [4.78, 5) is 4.96. The van der Waals surface area contributed by atoms with Crippen LogP contribution in [0.25, 0.3) is 0 Å². The third-order valence-corrected chi connectivity index (χ3v) is 4.07. The summed E-state index contributed by atoms with van der Waals surface area (Å²) >= 11 is 0. The van der Waals surface area contributed by atoms with Crippen LogP contribution in [-0.4, -0.2) is 51.2 Å². The van der Waals surface area contributed by atoms with E-state index in [2.05, 4.69) is 54.2 Å². The van der Waals surface area contributed by atoms with Crippen molar-refractivity contribution in [2.45, 2.75) is 19.9 Å². The Morgan fingerprint density at radius 1 is 1.22 bits per heavy atom. The molecule has 1 saturated heterocycles. The highest BCUT2D eigenvalue weighted by Gasteiger charge is 2.23. The lowest BCUT2D eigenvalue weighted by Crippen LogP contribution is -2.54. The van der Waals surface area contributed by atoms with Crippen molar-refractivity contribution >= 4 is 5.69 Å². The van der Waals surface area contributed by atoms with Gasteiger partial charge in [0.15, 0.2) is 0 Å². The first-order valence-corrected chi connectivity index (χ1v) is 6.79. The van der Waals surface area contributed by atoms with Gasteiger partial charge in [-0.1, -0.05) is 6.07 Å². The van der Waals surface area contributed by atoms with E-state index in [0.717, 1.165) is 26.2 Å². The number of rotatable bonds is 3. The van der Waals surface area contributed by atoms with Crippen LogP contribution < -0.4 is 10.2 Å². The van der Waals surface area contributed by atoms with E-state index < -0.39 is 0 Å². The number of nitrogens with one attached hydrogen (secondary N) is 1. The molecule has 1 atom stereocenters. The second-order valence-electron chi connectivity index (χ2n) is 5.41. The summed E-state index contributed by atoms with van der Waals surface area (Å²) in [5.74, 6) is 0. The number of likely N-dealkylation sites (N-methyl/N-ethyl adjacent to an activating group) is 2. The molecule has 0 bridgehead atoms. The number of benzene rings is 1. The third kappa shape index (κ3) is 2.85. The lowest BCUT2D eigenvalue weighted by Gasteiger charge is -2.40. The molecule has 1 aliphatic rings. The Kier molecular flexibility index (Phi) is 4.25. The number of anilines is 1. The van der Waals surface area contributed by atoms with Crippen molar-refractivity contribution in [3.63, 3.8) is 0 Å². The van der Waals surface area contributed by atoms with Gasteiger partial charge in [0, 0.05) is 37.9 Å². The van der Waals surface area contributed by atoms with Crippen molar-refractivity contribution in [3.05, 3.63) is 29.3 Å². The summed E-state index contributed by atoms with van der Waals surface area (Å²) in [6.45, 7) is 8.79. The molecule has 1 fully saturated rings. The Labute approximate surface area is 111 Å². The normalized spacial score (nSPS) is 21.3. The molecule has 0 aliphatic carbocycles. The summed E-state index contributed by atoms with van der Waals surface area (Å²) in [7, 11) is 4.25. The first-order valence-electron chi connectivity index (χ1n) is 6.79. The molecule has 0 spiro atoms. The van der Waals surface area contributed by atoms with Gasteiger partial charge in [-0.3, -0.25) is 4.90 Å². The molecule has 100 valence electrons. The maximum Gasteiger partial charge on any atom is 0.0393 e. The van der Waals surface area contributed by atoms with Gasteiger partial charge in [-0.2, -0.15) is 0 Å². The summed E-state index contributed by atoms with van der Waals surface area (Å²) in [6.07, 6.45) is 0. The predicted molar refractivity (Wildman–Crippen MR) is 78.5 cm³/mol. The molecule has 0 radical (unpaired) electrons. The monoisotopic (exact) mass is 247 g/mol. The predicted octanol–water partition coefficient (Wildman–Crippen LogP) is 1.64. The van der Waals surface area contributed by atoms with Crippen LogP contribution in [0.15, 0.2) is 18.2 Å². The number of nitrogens with zero attached hydrogens (tertiary/aromatic N) is 2. The van der Waals surface area contributed by atoms with Gasteiger partial charge < -0.3 is 10.2 Å². The Morgan fingerprint density at radius 2 is 2.00 bits per heavy atom. The molecule has 0 amide bonds. The lowest BCUT2D eigenvalue weighted by atomic mass is 10.1. The lowest BCUT2D eigenvalue weighted by molar-refractivity contribution is 0.216. The molecule has 1 heterocycles. The molecular formula is C15H25N3. The van der Waals surface area contributed by atoms with Gasteiger partial charge in [0.25, 0.3) is 0 Å². The summed E-state index contributed by atoms with van der Waals surface area (Å²) in [5.41, 5.74) is 4.13. The van der Waals surface area contributed by atoms with E-state index >= 15 is 0 Å². The van der Waals surface area contributed by atoms with Crippen molar-refractivity contribution in [2.75, 3.05) is 45.2 Å². The topological polar surface area (TPSA) is 18.5 Å². The van der Waals surface area contributed by atoms with Crippen molar-refractivity contribution in [1.29, 1.82) is 0 Å². The van der Waals surface area contributed by atoms with Crippen LogP contribution in [0.1, 0.15) is 11.1 Å². The van der Waals surface area contributed by atoms with E-state index in [0.29, 0.717) is 6.04 Å². The van der Waals surface area contributed by atoms with Gasteiger partial charge in [-0.15, -0.1) is 0 Å². The Morgan fingerprint density at radius 3 is 2.67 bits per heavy atom. The van der Waals surface area contributed by atoms with Crippen LogP contribution in [-0.2, 0) is 0 Å². The van der Waals surface area contributed by atoms with E-state index in [-0.39, 0.29) is 0 Å². The second kappa shape index (κ2) is 5.72. The SMILES string of the molecule is CNCC1CN(c2ccc(C)c(C)c2)CCN1C. The van der Waals surface area contributed by atoms with Gasteiger partial charge in [-0.05, 0) is 51.2 Å². The van der Waals surface area contributed by atoms with Gasteiger partial charge >= 0.3 is 0 Å². The number of piperazine rings is 1. The van der Waals surface area contributed by atoms with Gasteiger partial charge in [0.1, 0.15) is 0 Å². The fourth-order valence-corrected chi connectivity index (χ4v) is 2.56. The number of hydrogen-bond donors (Lipinski definition) is 1. The van der Waals surface area contributed by atoms with E-state index in [1.807, 2.05) is 7.05 Å². The van der Waals surface area contributed by atoms with Crippen molar-refractivity contribution in [2.24, 2.45) is 0 Å². The van der Waals surface area contributed by atoms with Crippen LogP contribution in [0, 0.1) is 13.8 Å². The highest BCUT2D eigenvalue weighted by Crippen LogP contribution is 2.21. The minimum Gasteiger partial charge on any atom is -0.369 e. The first-order chi connectivity index (χ1) is 8.61. The van der Waals surface area contributed by atoms with Crippen molar-refractivity contribution in [1.82, 2.24) is 10.2 Å². The maximum atomic E-state index is 3.29. The van der Waals surface area contributed by atoms with Crippen molar-refractivity contribution < 1.29 is 0 Å². The molecule has 1 aromatic carbocycles. The van der Waals surface area contributed by atoms with Crippen LogP contribution >= 0.6 is 0 Å². The summed E-state index contributed by atoms with van der Waals surface area (Å²) < 4.78 is 0. The fourth-order valence-electron chi connectivity index (χ4n) is 2.56. The molecule has 3 heteroatoms. The average molecular weight is 247 g/mol. The van der Waals surface area contributed by atoms with Gasteiger partial charge in [0.2, 0.25) is 0 Å². The standard InChI is InChI=1S/C15H25N3/c1-12-5-6-14(9-13(12)2)18-8-7-17(4)15(11-18)10-16-3/h5-6,9,15-16H,7-8,10-11H2,1-4H3. The van der Waals surface area contributed by atoms with E-state index in [1.165, 1.54) is 16.8 Å². The molecular weight excluding hydrogens is 222 g/mol. The smallest absolute Gasteiger partial charge is 0.0393 e. The van der Waals surface area contributed by atoms with E-state index in [9.17, 15) is 0 Å². The van der Waals surface area contributed by atoms with E-state index in [4.69, 9.17) is 0 Å². The Balaban J connectivity index is 2.11. The van der Waals surface area contributed by atoms with Crippen LogP contribution in [0.3, 0.4) is 0 Å². The minimum atomic E-state index is 0.602. The summed E-state index contributed by atoms with van der Waals surface area (Å²) in [5, 5.41) is 3.29. The van der Waals surface area contributed by atoms with Gasteiger partial charge in [-0.25, -0.2) is 0 Å².